The Balaban J connectivity index is 1.49. The van der Waals surface area contributed by atoms with Crippen molar-refractivity contribution in [3.05, 3.63) is 66.0 Å². The highest BCUT2D eigenvalue weighted by Gasteiger charge is 2.33. The second-order valence-electron chi connectivity index (χ2n) is 11.6. The fraction of sp³-hybridized carbons (Fsp3) is 0.419. The Hall–Kier alpha value is -3.71. The smallest absolute Gasteiger partial charge is 0.260 e. The molecule has 5 aromatic rings. The van der Waals surface area contributed by atoms with Crippen molar-refractivity contribution in [2.45, 2.75) is 30.8 Å². The summed E-state index contributed by atoms with van der Waals surface area (Å²) in [6.07, 6.45) is 3.62. The van der Waals surface area contributed by atoms with Crippen LogP contribution in [0.2, 0.25) is 0 Å². The number of likely N-dealkylation sites (N-methyl/N-ethyl adjacent to an activating group) is 1. The summed E-state index contributed by atoms with van der Waals surface area (Å²) < 4.78 is 39.1. The molecule has 0 unspecified atom stereocenters. The van der Waals surface area contributed by atoms with Gasteiger partial charge in [0.2, 0.25) is 0 Å². The summed E-state index contributed by atoms with van der Waals surface area (Å²) in [7, 11) is 0.108. The van der Waals surface area contributed by atoms with E-state index in [0.29, 0.717) is 45.0 Å². The van der Waals surface area contributed by atoms with Crippen LogP contribution in [0.25, 0.3) is 33.3 Å². The molecule has 1 atom stereocenters. The molecule has 2 saturated heterocycles. The molecule has 2 aliphatic heterocycles. The third-order valence-corrected chi connectivity index (χ3v) is 10.7. The van der Waals surface area contributed by atoms with Crippen molar-refractivity contribution in [3.63, 3.8) is 0 Å². The summed E-state index contributed by atoms with van der Waals surface area (Å²) in [6.45, 7) is 5.58. The first-order chi connectivity index (χ1) is 20.8. The van der Waals surface area contributed by atoms with Crippen molar-refractivity contribution in [2.75, 3.05) is 46.4 Å². The molecule has 0 bridgehead atoms. The van der Waals surface area contributed by atoms with Crippen LogP contribution in [0.4, 0.5) is 0 Å². The summed E-state index contributed by atoms with van der Waals surface area (Å²) in [5, 5.41) is 9.37. The van der Waals surface area contributed by atoms with Crippen LogP contribution >= 0.6 is 0 Å². The van der Waals surface area contributed by atoms with Crippen molar-refractivity contribution in [3.8, 4) is 11.3 Å². The van der Waals surface area contributed by atoms with Crippen molar-refractivity contribution in [1.29, 1.82) is 0 Å². The topological polar surface area (TPSA) is 111 Å². The van der Waals surface area contributed by atoms with E-state index in [1.54, 1.807) is 15.1 Å². The Bertz CT molecular complexity index is 1870. The van der Waals surface area contributed by atoms with Gasteiger partial charge in [-0.2, -0.15) is 4.31 Å². The van der Waals surface area contributed by atoms with Gasteiger partial charge in [0, 0.05) is 63.6 Å². The Morgan fingerprint density at radius 2 is 1.72 bits per heavy atom. The van der Waals surface area contributed by atoms with Gasteiger partial charge in [-0.25, -0.2) is 18.1 Å². The number of hydrogen-bond donors (Lipinski definition) is 0. The van der Waals surface area contributed by atoms with Gasteiger partial charge in [0.15, 0.2) is 5.03 Å². The molecule has 12 heteroatoms. The van der Waals surface area contributed by atoms with Gasteiger partial charge >= 0.3 is 0 Å². The second-order valence-corrected chi connectivity index (χ2v) is 13.5. The average Bonchev–Trinajstić information content (AvgIpc) is 3.53. The molecule has 43 heavy (non-hydrogen) atoms. The van der Waals surface area contributed by atoms with E-state index in [9.17, 15) is 8.42 Å². The number of rotatable bonds is 6. The van der Waals surface area contributed by atoms with Crippen molar-refractivity contribution < 1.29 is 13.2 Å². The largest absolute Gasteiger partial charge is 0.381 e. The van der Waals surface area contributed by atoms with Crippen LogP contribution in [0, 0.1) is 12.8 Å². The maximum absolute atomic E-state index is 13.9. The van der Waals surface area contributed by atoms with Gasteiger partial charge in [0.25, 0.3) is 10.0 Å². The van der Waals surface area contributed by atoms with Gasteiger partial charge in [0.1, 0.15) is 5.65 Å². The maximum Gasteiger partial charge on any atom is 0.260 e. The first-order valence-corrected chi connectivity index (χ1v) is 16.3. The van der Waals surface area contributed by atoms with Crippen molar-refractivity contribution in [2.24, 2.45) is 13.0 Å². The van der Waals surface area contributed by atoms with Crippen LogP contribution in [0.3, 0.4) is 0 Å². The molecule has 0 saturated carbocycles. The van der Waals surface area contributed by atoms with Crippen LogP contribution in [0.5, 0.6) is 0 Å². The summed E-state index contributed by atoms with van der Waals surface area (Å²) >= 11 is 0. The van der Waals surface area contributed by atoms with E-state index < -0.39 is 10.0 Å². The van der Waals surface area contributed by atoms with E-state index >= 15 is 0 Å². The predicted octanol–water partition coefficient (Wildman–Crippen LogP) is 3.64. The molecule has 2 fully saturated rings. The maximum atomic E-state index is 13.9. The Kier molecular flexibility index (Phi) is 7.24. The number of nitrogens with zero attached hydrogens (tertiary/aromatic N) is 8. The molecule has 11 nitrogen and oxygen atoms in total. The number of aromatic nitrogens is 6. The van der Waals surface area contributed by atoms with Crippen LogP contribution in [-0.2, 0) is 21.8 Å². The number of fused-ring (bicyclic) bond motifs is 3. The van der Waals surface area contributed by atoms with E-state index in [0.717, 1.165) is 51.8 Å². The average molecular weight is 601 g/mol. The summed E-state index contributed by atoms with van der Waals surface area (Å²) in [5.41, 5.74) is 6.05. The highest BCUT2D eigenvalue weighted by Crippen LogP contribution is 2.41. The first kappa shape index (κ1) is 28.1. The lowest BCUT2D eigenvalue weighted by Gasteiger charge is -2.33. The third kappa shape index (κ3) is 4.92. The molecule has 0 amide bonds. The van der Waals surface area contributed by atoms with E-state index in [1.165, 1.54) is 0 Å². The zero-order valence-electron chi connectivity index (χ0n) is 24.7. The fourth-order valence-electron chi connectivity index (χ4n) is 6.64. The molecule has 2 aliphatic rings. The second kappa shape index (κ2) is 11.1. The standard InChI is InChI=1S/C31H36N8O3S/c1-21-29(37(3)35-34-21)24-19-26-28(32-20-24)25-9-10-27(43(40,41)38-15-13-36(2)14-16-38)33-31(25)39(26)30(22-7-5-4-6-8-22)23-11-17-42-18-12-23/h4-10,19-20,23,30H,11-18H2,1-3H3/t30-/m1/s1. The lowest BCUT2D eigenvalue weighted by atomic mass is 9.86. The van der Waals surface area contributed by atoms with Crippen molar-refractivity contribution in [1.82, 2.24) is 38.7 Å². The number of benzene rings is 1. The number of piperazine rings is 1. The van der Waals surface area contributed by atoms with Crippen LogP contribution in [0.1, 0.15) is 30.1 Å². The minimum atomic E-state index is -3.78. The minimum Gasteiger partial charge on any atom is -0.381 e. The molecule has 1 aromatic carbocycles. The normalized spacial score (nSPS) is 18.5. The number of pyridine rings is 2. The van der Waals surface area contributed by atoms with Gasteiger partial charge in [-0.05, 0) is 56.5 Å². The highest BCUT2D eigenvalue weighted by molar-refractivity contribution is 7.89. The van der Waals surface area contributed by atoms with Gasteiger partial charge in [0.05, 0.1) is 28.5 Å². The summed E-state index contributed by atoms with van der Waals surface area (Å²) in [5.74, 6) is 0.262. The number of sulfonamides is 1. The van der Waals surface area contributed by atoms with Gasteiger partial charge < -0.3 is 14.2 Å². The Labute approximate surface area is 251 Å². The molecule has 0 radical (unpaired) electrons. The molecule has 6 heterocycles. The Morgan fingerprint density at radius 3 is 2.42 bits per heavy atom. The van der Waals surface area contributed by atoms with Crippen LogP contribution < -0.4 is 0 Å². The number of ether oxygens (including phenoxy) is 1. The first-order valence-electron chi connectivity index (χ1n) is 14.8. The Morgan fingerprint density at radius 1 is 0.977 bits per heavy atom. The molecule has 0 N–H and O–H groups in total. The monoisotopic (exact) mass is 600 g/mol. The molecule has 7 rings (SSSR count). The molecular weight excluding hydrogens is 564 g/mol. The van der Waals surface area contributed by atoms with Gasteiger partial charge in [-0.15, -0.1) is 5.10 Å². The van der Waals surface area contributed by atoms with Gasteiger partial charge in [-0.1, -0.05) is 35.5 Å². The van der Waals surface area contributed by atoms with Crippen LogP contribution in [-0.4, -0.2) is 93.6 Å². The van der Waals surface area contributed by atoms with Crippen LogP contribution in [0.15, 0.2) is 59.8 Å². The zero-order valence-corrected chi connectivity index (χ0v) is 25.5. The van der Waals surface area contributed by atoms with E-state index in [2.05, 4.69) is 50.1 Å². The molecule has 0 spiro atoms. The van der Waals surface area contributed by atoms with Gasteiger partial charge in [-0.3, -0.25) is 4.98 Å². The summed E-state index contributed by atoms with van der Waals surface area (Å²) in [6, 6.07) is 16.0. The van der Waals surface area contributed by atoms with Crippen molar-refractivity contribution >= 4 is 32.1 Å². The zero-order chi connectivity index (χ0) is 29.7. The SMILES string of the molecule is Cc1nnn(C)c1-c1cnc2c3ccc(S(=O)(=O)N4CCN(C)CC4)nc3n([C@H](c3ccccc3)C3CCOCC3)c2c1. The number of hydrogen-bond acceptors (Lipinski definition) is 8. The highest BCUT2D eigenvalue weighted by atomic mass is 32.2. The lowest BCUT2D eigenvalue weighted by molar-refractivity contribution is 0.0552. The summed E-state index contributed by atoms with van der Waals surface area (Å²) in [4.78, 5) is 12.1. The molecule has 224 valence electrons. The van der Waals surface area contributed by atoms with E-state index in [1.807, 2.05) is 39.3 Å². The third-order valence-electron chi connectivity index (χ3n) is 8.93. The van der Waals surface area contributed by atoms with E-state index in [4.69, 9.17) is 14.7 Å². The van der Waals surface area contributed by atoms with E-state index in [-0.39, 0.29) is 17.0 Å². The lowest BCUT2D eigenvalue weighted by Crippen LogP contribution is -2.47. The number of aryl methyl sites for hydroxylation is 2. The fourth-order valence-corrected chi connectivity index (χ4v) is 7.99. The molecule has 4 aromatic heterocycles. The predicted molar refractivity (Wildman–Crippen MR) is 164 cm³/mol. The molecule has 0 aliphatic carbocycles. The molecular formula is C31H36N8O3S. The minimum absolute atomic E-state index is 0.0688. The quantitative estimate of drug-likeness (QED) is 0.291.